The zero-order chi connectivity index (χ0) is 24.0. The molecule has 182 valence electrons. The van der Waals surface area contributed by atoms with Crippen LogP contribution in [0.3, 0.4) is 0 Å². The van der Waals surface area contributed by atoms with E-state index in [4.69, 9.17) is 0 Å². The van der Waals surface area contributed by atoms with Gasteiger partial charge in [0.2, 0.25) is 21.8 Å². The number of likely N-dealkylation sites (tertiary alicyclic amines) is 1. The number of nitrogens with one attached hydrogen (secondary N) is 1. The molecule has 2 N–H and O–H groups in total. The number of benzene rings is 2. The Kier molecular flexibility index (Phi) is 6.43. The Balaban J connectivity index is 1.27. The summed E-state index contributed by atoms with van der Waals surface area (Å²) in [5, 5.41) is 11.7. The van der Waals surface area contributed by atoms with Crippen LogP contribution in [0.25, 0.3) is 10.8 Å². The van der Waals surface area contributed by atoms with Gasteiger partial charge in [-0.25, -0.2) is 8.42 Å². The van der Waals surface area contributed by atoms with Gasteiger partial charge in [-0.2, -0.15) is 4.72 Å². The quantitative estimate of drug-likeness (QED) is 0.595. The minimum Gasteiger partial charge on any atom is -0.393 e. The maximum absolute atomic E-state index is 13.1. The van der Waals surface area contributed by atoms with Gasteiger partial charge in [-0.1, -0.05) is 28.1 Å². The highest BCUT2D eigenvalue weighted by Crippen LogP contribution is 2.36. The van der Waals surface area contributed by atoms with Gasteiger partial charge in [-0.15, -0.1) is 0 Å². The number of piperidine rings is 2. The second-order valence-electron chi connectivity index (χ2n) is 9.54. The van der Waals surface area contributed by atoms with Crippen LogP contribution in [-0.4, -0.2) is 72.5 Å². The molecule has 3 aliphatic heterocycles. The molecule has 3 saturated heterocycles. The Hall–Kier alpha value is -2.01. The van der Waals surface area contributed by atoms with Crippen molar-refractivity contribution in [2.45, 2.75) is 67.6 Å². The number of aliphatic hydroxyl groups excluding tert-OH is 1. The molecular formula is C24H28BrN3O5S. The van der Waals surface area contributed by atoms with Crippen molar-refractivity contribution >= 4 is 48.5 Å². The Labute approximate surface area is 207 Å². The molecule has 0 saturated carbocycles. The van der Waals surface area contributed by atoms with Gasteiger partial charge in [0.1, 0.15) is 6.04 Å². The van der Waals surface area contributed by atoms with E-state index in [-0.39, 0.29) is 41.4 Å². The van der Waals surface area contributed by atoms with E-state index in [0.29, 0.717) is 32.2 Å². The van der Waals surface area contributed by atoms with Crippen LogP contribution in [0, 0.1) is 0 Å². The molecule has 3 aliphatic rings. The zero-order valence-electron chi connectivity index (χ0n) is 18.7. The summed E-state index contributed by atoms with van der Waals surface area (Å²) >= 11 is 3.41. The van der Waals surface area contributed by atoms with Crippen LogP contribution in [0.15, 0.2) is 45.8 Å². The van der Waals surface area contributed by atoms with Gasteiger partial charge in [-0.05, 0) is 73.6 Å². The lowest BCUT2D eigenvalue weighted by molar-refractivity contribution is -0.146. The fourth-order valence-electron chi connectivity index (χ4n) is 5.62. The first-order valence-corrected chi connectivity index (χ1v) is 14.0. The van der Waals surface area contributed by atoms with Crippen LogP contribution in [0.1, 0.15) is 38.5 Å². The topological polar surface area (TPSA) is 107 Å². The first-order chi connectivity index (χ1) is 16.2. The number of fused-ring (bicyclic) bond motifs is 3. The number of amides is 2. The summed E-state index contributed by atoms with van der Waals surface area (Å²) in [7, 11) is -3.91. The lowest BCUT2D eigenvalue weighted by atomic mass is 9.99. The minimum absolute atomic E-state index is 0.0315. The molecule has 0 aromatic heterocycles. The van der Waals surface area contributed by atoms with Gasteiger partial charge in [0.15, 0.2) is 0 Å². The Bertz CT molecular complexity index is 1220. The molecule has 3 atom stereocenters. The highest BCUT2D eigenvalue weighted by Gasteiger charge is 2.43. The first kappa shape index (κ1) is 23.7. The van der Waals surface area contributed by atoms with Crippen molar-refractivity contribution < 1.29 is 23.1 Å². The minimum atomic E-state index is -3.91. The van der Waals surface area contributed by atoms with Gasteiger partial charge >= 0.3 is 0 Å². The molecule has 2 bridgehead atoms. The van der Waals surface area contributed by atoms with E-state index in [2.05, 4.69) is 20.7 Å². The largest absolute Gasteiger partial charge is 0.393 e. The highest BCUT2D eigenvalue weighted by atomic mass is 79.9. The van der Waals surface area contributed by atoms with Crippen molar-refractivity contribution in [2.75, 3.05) is 13.1 Å². The van der Waals surface area contributed by atoms with E-state index in [9.17, 15) is 23.1 Å². The van der Waals surface area contributed by atoms with E-state index >= 15 is 0 Å². The predicted molar refractivity (Wildman–Crippen MR) is 130 cm³/mol. The fourth-order valence-corrected chi connectivity index (χ4v) is 7.26. The smallest absolute Gasteiger partial charge is 0.242 e. The summed E-state index contributed by atoms with van der Waals surface area (Å²) in [4.78, 5) is 29.6. The predicted octanol–water partition coefficient (Wildman–Crippen LogP) is 2.39. The molecule has 3 unspecified atom stereocenters. The number of rotatable bonds is 5. The van der Waals surface area contributed by atoms with Crippen LogP contribution in [0.2, 0.25) is 0 Å². The summed E-state index contributed by atoms with van der Waals surface area (Å²) in [6.45, 7) is 0.379. The van der Waals surface area contributed by atoms with Crippen LogP contribution in [0.5, 0.6) is 0 Å². The summed E-state index contributed by atoms with van der Waals surface area (Å²) in [5.74, 6) is -0.478. The summed E-state index contributed by atoms with van der Waals surface area (Å²) in [5.41, 5.74) is 0. The molecule has 3 fully saturated rings. The molecule has 2 aromatic carbocycles. The van der Waals surface area contributed by atoms with E-state index in [1.807, 2.05) is 23.1 Å². The first-order valence-electron chi connectivity index (χ1n) is 11.7. The standard InChI is InChI=1S/C24H28BrN3O5S/c25-17-5-3-16-11-21(8-4-15(16)10-17)34(32,33)26-22-2-1-9-27(24(22)31)14-23(30)28-18-6-7-19(28)13-20(29)12-18/h3-5,8,10-11,18-20,22,26,29H,1-2,6-7,9,12-14H2. The van der Waals surface area contributed by atoms with Crippen molar-refractivity contribution in [1.29, 1.82) is 0 Å². The van der Waals surface area contributed by atoms with Crippen LogP contribution < -0.4 is 4.72 Å². The number of sulfonamides is 1. The molecular weight excluding hydrogens is 522 g/mol. The van der Waals surface area contributed by atoms with Crippen molar-refractivity contribution in [2.24, 2.45) is 0 Å². The third kappa shape index (κ3) is 4.60. The lowest BCUT2D eigenvalue weighted by Crippen LogP contribution is -2.56. The third-order valence-corrected chi connectivity index (χ3v) is 9.20. The van der Waals surface area contributed by atoms with E-state index in [1.165, 1.54) is 11.0 Å². The van der Waals surface area contributed by atoms with Crippen molar-refractivity contribution in [3.05, 3.63) is 40.9 Å². The van der Waals surface area contributed by atoms with Crippen molar-refractivity contribution in [3.8, 4) is 0 Å². The Morgan fingerprint density at radius 3 is 2.47 bits per heavy atom. The molecule has 8 nitrogen and oxygen atoms in total. The monoisotopic (exact) mass is 549 g/mol. The van der Waals surface area contributed by atoms with Crippen LogP contribution in [-0.2, 0) is 19.6 Å². The molecule has 34 heavy (non-hydrogen) atoms. The number of halogens is 1. The summed E-state index contributed by atoms with van der Waals surface area (Å²) < 4.78 is 29.6. The molecule has 0 aliphatic carbocycles. The molecule has 2 amide bonds. The maximum Gasteiger partial charge on any atom is 0.242 e. The molecule has 0 spiro atoms. The van der Waals surface area contributed by atoms with Gasteiger partial charge in [0.05, 0.1) is 17.5 Å². The Morgan fingerprint density at radius 1 is 1.06 bits per heavy atom. The average Bonchev–Trinajstić information content (AvgIpc) is 3.07. The second kappa shape index (κ2) is 9.22. The van der Waals surface area contributed by atoms with Gasteiger partial charge in [0.25, 0.3) is 0 Å². The highest BCUT2D eigenvalue weighted by molar-refractivity contribution is 9.10. The number of aliphatic hydroxyl groups is 1. The number of nitrogens with zero attached hydrogens (tertiary/aromatic N) is 2. The third-order valence-electron chi connectivity index (χ3n) is 7.23. The molecule has 3 heterocycles. The summed E-state index contributed by atoms with van der Waals surface area (Å²) in [6, 6.07) is 9.64. The maximum atomic E-state index is 13.1. The SMILES string of the molecule is O=C1C(NS(=O)(=O)c2ccc3cc(Br)ccc3c2)CCCN1CC(=O)N1C2CCC1CC(O)C2. The molecule has 10 heteroatoms. The van der Waals surface area contributed by atoms with E-state index in [0.717, 1.165) is 28.1 Å². The fraction of sp³-hybridized carbons (Fsp3) is 0.500. The Morgan fingerprint density at radius 2 is 1.74 bits per heavy atom. The van der Waals surface area contributed by atoms with E-state index < -0.39 is 16.1 Å². The molecule has 5 rings (SSSR count). The van der Waals surface area contributed by atoms with Crippen molar-refractivity contribution in [3.63, 3.8) is 0 Å². The summed E-state index contributed by atoms with van der Waals surface area (Å²) in [6.07, 6.45) is 3.57. The van der Waals surface area contributed by atoms with Crippen LogP contribution in [0.4, 0.5) is 0 Å². The van der Waals surface area contributed by atoms with Gasteiger partial charge in [-0.3, -0.25) is 9.59 Å². The van der Waals surface area contributed by atoms with Gasteiger partial charge < -0.3 is 14.9 Å². The number of hydrogen-bond donors (Lipinski definition) is 2. The average molecular weight is 550 g/mol. The zero-order valence-corrected chi connectivity index (χ0v) is 21.1. The second-order valence-corrected chi connectivity index (χ2v) is 12.2. The van der Waals surface area contributed by atoms with E-state index in [1.54, 1.807) is 12.1 Å². The number of carbonyl (C=O) groups is 2. The number of carbonyl (C=O) groups excluding carboxylic acids is 2. The van der Waals surface area contributed by atoms with Crippen LogP contribution >= 0.6 is 15.9 Å². The van der Waals surface area contributed by atoms with Crippen molar-refractivity contribution in [1.82, 2.24) is 14.5 Å². The molecule has 2 aromatic rings. The lowest BCUT2D eigenvalue weighted by Gasteiger charge is -2.39. The normalized spacial score (nSPS) is 27.4. The van der Waals surface area contributed by atoms with Gasteiger partial charge in [0, 0.05) is 23.1 Å². The number of hydrogen-bond acceptors (Lipinski definition) is 5. The molecule has 0 radical (unpaired) electrons.